The van der Waals surface area contributed by atoms with Crippen LogP contribution in [0.5, 0.6) is 0 Å². The molecule has 2 saturated carbocycles. The Bertz CT molecular complexity index is 770. The van der Waals surface area contributed by atoms with Gasteiger partial charge in [0.05, 0.1) is 12.1 Å². The molecule has 4 aliphatic rings. The lowest BCUT2D eigenvalue weighted by Crippen LogP contribution is -2.84. The Morgan fingerprint density at radius 2 is 2.00 bits per heavy atom. The van der Waals surface area contributed by atoms with Gasteiger partial charge in [-0.05, 0) is 44.7 Å². The summed E-state index contributed by atoms with van der Waals surface area (Å²) in [7, 11) is 0. The fraction of sp³-hybridized carbons (Fsp3) is 0.600. The number of carbonyl (C=O) groups excluding carboxylic acids is 2. The van der Waals surface area contributed by atoms with Gasteiger partial charge in [-0.3, -0.25) is 9.69 Å². The third-order valence-electron chi connectivity index (χ3n) is 6.41. The smallest absolute Gasteiger partial charge is 0.410 e. The number of hydrogen-bond donors (Lipinski definition) is 2. The van der Waals surface area contributed by atoms with Crippen molar-refractivity contribution in [2.75, 3.05) is 19.7 Å². The second-order valence-corrected chi connectivity index (χ2v) is 7.89. The number of carbonyl (C=O) groups is 2. The van der Waals surface area contributed by atoms with Gasteiger partial charge < -0.3 is 15.4 Å². The Labute approximate surface area is 162 Å². The Kier molecular flexibility index (Phi) is 4.99. The van der Waals surface area contributed by atoms with Gasteiger partial charge in [0.2, 0.25) is 0 Å². The number of fused-ring (bicyclic) bond motifs is 2. The SMILES string of the molecule is CCOC(=O)N1C2CC(NCCNC(=O)c3cc(F)cc(F)c3)CC13CCC23. The lowest BCUT2D eigenvalue weighted by Gasteiger charge is -2.74. The van der Waals surface area contributed by atoms with Crippen LogP contribution in [0.25, 0.3) is 0 Å². The lowest BCUT2D eigenvalue weighted by atomic mass is 9.48. The summed E-state index contributed by atoms with van der Waals surface area (Å²) >= 11 is 0. The molecule has 1 aromatic carbocycles. The highest BCUT2D eigenvalue weighted by Gasteiger charge is 2.70. The second-order valence-electron chi connectivity index (χ2n) is 7.89. The van der Waals surface area contributed by atoms with Crippen molar-refractivity contribution in [1.29, 1.82) is 0 Å². The van der Waals surface area contributed by atoms with Gasteiger partial charge in [0.15, 0.2) is 0 Å². The van der Waals surface area contributed by atoms with Gasteiger partial charge in [0, 0.05) is 42.7 Å². The van der Waals surface area contributed by atoms with Crippen LogP contribution in [0.1, 0.15) is 43.0 Å². The number of halogens is 2. The fourth-order valence-corrected chi connectivity index (χ4v) is 5.25. The van der Waals surface area contributed by atoms with Gasteiger partial charge in [0.1, 0.15) is 11.6 Å². The number of benzene rings is 1. The first kappa shape index (κ1) is 19.1. The highest BCUT2D eigenvalue weighted by atomic mass is 19.1. The van der Waals surface area contributed by atoms with Gasteiger partial charge in [-0.15, -0.1) is 0 Å². The molecule has 4 unspecified atom stereocenters. The Morgan fingerprint density at radius 1 is 1.25 bits per heavy atom. The van der Waals surface area contributed by atoms with Gasteiger partial charge in [-0.25, -0.2) is 13.6 Å². The lowest BCUT2D eigenvalue weighted by molar-refractivity contribution is -0.218. The first-order chi connectivity index (χ1) is 13.4. The van der Waals surface area contributed by atoms with Gasteiger partial charge in [0.25, 0.3) is 5.91 Å². The molecule has 4 fully saturated rings. The minimum atomic E-state index is -0.773. The van der Waals surface area contributed by atoms with Crippen LogP contribution in [0, 0.1) is 17.6 Å². The summed E-state index contributed by atoms with van der Waals surface area (Å²) in [5.74, 6) is -1.45. The molecule has 2 amide bonds. The minimum Gasteiger partial charge on any atom is -0.450 e. The molecule has 152 valence electrons. The first-order valence-electron chi connectivity index (χ1n) is 9.88. The van der Waals surface area contributed by atoms with E-state index in [1.54, 1.807) is 0 Å². The third-order valence-corrected chi connectivity index (χ3v) is 6.41. The third kappa shape index (κ3) is 3.13. The molecule has 2 bridgehead atoms. The summed E-state index contributed by atoms with van der Waals surface area (Å²) in [6.07, 6.45) is 3.78. The number of nitrogens with zero attached hydrogens (tertiary/aromatic N) is 1. The number of piperidine rings is 2. The predicted octanol–water partition coefficient (Wildman–Crippen LogP) is 2.44. The molecule has 0 radical (unpaired) electrons. The van der Waals surface area contributed by atoms with E-state index < -0.39 is 17.5 Å². The normalized spacial score (nSPS) is 30.0. The van der Waals surface area contributed by atoms with E-state index in [1.165, 1.54) is 6.42 Å². The van der Waals surface area contributed by atoms with Crippen molar-refractivity contribution >= 4 is 12.0 Å². The summed E-state index contributed by atoms with van der Waals surface area (Å²) < 4.78 is 31.6. The zero-order valence-corrected chi connectivity index (χ0v) is 15.8. The molecule has 4 atom stereocenters. The van der Waals surface area contributed by atoms with Crippen LogP contribution in [0.2, 0.25) is 0 Å². The van der Waals surface area contributed by atoms with E-state index >= 15 is 0 Å². The molecule has 2 N–H and O–H groups in total. The van der Waals surface area contributed by atoms with E-state index in [0.29, 0.717) is 25.6 Å². The van der Waals surface area contributed by atoms with E-state index in [4.69, 9.17) is 4.74 Å². The van der Waals surface area contributed by atoms with E-state index in [9.17, 15) is 18.4 Å². The molecule has 28 heavy (non-hydrogen) atoms. The molecule has 8 heteroatoms. The summed E-state index contributed by atoms with van der Waals surface area (Å²) in [6, 6.07) is 3.29. The van der Waals surface area contributed by atoms with Crippen molar-refractivity contribution in [2.24, 2.45) is 5.92 Å². The largest absolute Gasteiger partial charge is 0.450 e. The number of rotatable bonds is 6. The highest BCUT2D eigenvalue weighted by Crippen LogP contribution is 2.63. The maximum Gasteiger partial charge on any atom is 0.410 e. The zero-order chi connectivity index (χ0) is 19.9. The quantitative estimate of drug-likeness (QED) is 0.729. The van der Waals surface area contributed by atoms with Gasteiger partial charge in [-0.2, -0.15) is 0 Å². The van der Waals surface area contributed by atoms with Crippen LogP contribution in [-0.2, 0) is 4.74 Å². The number of ether oxygens (including phenoxy) is 1. The van der Waals surface area contributed by atoms with Crippen molar-refractivity contribution < 1.29 is 23.1 Å². The zero-order valence-electron chi connectivity index (χ0n) is 15.8. The summed E-state index contributed by atoms with van der Waals surface area (Å²) in [6.45, 7) is 3.12. The molecule has 2 aliphatic carbocycles. The maximum atomic E-state index is 13.2. The maximum absolute atomic E-state index is 13.2. The summed E-state index contributed by atoms with van der Waals surface area (Å²) in [4.78, 5) is 26.2. The summed E-state index contributed by atoms with van der Waals surface area (Å²) in [5, 5.41) is 6.11. The molecular formula is C20H25F2N3O3. The number of hydrogen-bond acceptors (Lipinski definition) is 4. The monoisotopic (exact) mass is 393 g/mol. The van der Waals surface area contributed by atoms with Crippen LogP contribution in [0.15, 0.2) is 18.2 Å². The Morgan fingerprint density at radius 3 is 2.61 bits per heavy atom. The van der Waals surface area contributed by atoms with Crippen LogP contribution < -0.4 is 10.6 Å². The number of nitrogens with one attached hydrogen (secondary N) is 2. The average Bonchev–Trinajstić information content (AvgIpc) is 2.63. The van der Waals surface area contributed by atoms with Gasteiger partial charge in [-0.1, -0.05) is 0 Å². The molecule has 5 rings (SSSR count). The fourth-order valence-electron chi connectivity index (χ4n) is 5.25. The van der Waals surface area contributed by atoms with E-state index in [-0.39, 0.29) is 29.3 Å². The topological polar surface area (TPSA) is 70.7 Å². The molecule has 1 spiro atoms. The van der Waals surface area contributed by atoms with Crippen molar-refractivity contribution in [3.05, 3.63) is 35.4 Å². The van der Waals surface area contributed by atoms with Crippen LogP contribution >= 0.6 is 0 Å². The molecular weight excluding hydrogens is 368 g/mol. The van der Waals surface area contributed by atoms with E-state index in [2.05, 4.69) is 10.6 Å². The van der Waals surface area contributed by atoms with E-state index in [1.807, 2.05) is 11.8 Å². The van der Waals surface area contributed by atoms with Crippen molar-refractivity contribution in [3.63, 3.8) is 0 Å². The van der Waals surface area contributed by atoms with Crippen molar-refractivity contribution in [2.45, 2.75) is 50.2 Å². The van der Waals surface area contributed by atoms with Crippen molar-refractivity contribution in [3.8, 4) is 0 Å². The van der Waals surface area contributed by atoms with Gasteiger partial charge >= 0.3 is 6.09 Å². The molecule has 1 aromatic rings. The Hall–Kier alpha value is -2.22. The highest BCUT2D eigenvalue weighted by molar-refractivity contribution is 5.94. The number of amides is 2. The molecule has 2 saturated heterocycles. The molecule has 0 aromatic heterocycles. The van der Waals surface area contributed by atoms with Crippen LogP contribution in [0.3, 0.4) is 0 Å². The average molecular weight is 393 g/mol. The second kappa shape index (κ2) is 7.31. The van der Waals surface area contributed by atoms with E-state index in [0.717, 1.165) is 37.5 Å². The summed E-state index contributed by atoms with van der Waals surface area (Å²) in [5.41, 5.74) is -0.0764. The molecule has 6 nitrogen and oxygen atoms in total. The van der Waals surface area contributed by atoms with Crippen LogP contribution in [-0.4, -0.2) is 54.2 Å². The molecule has 2 heterocycles. The predicted molar refractivity (Wildman–Crippen MR) is 97.8 cm³/mol. The first-order valence-corrected chi connectivity index (χ1v) is 9.88. The Balaban J connectivity index is 1.24. The van der Waals surface area contributed by atoms with Crippen molar-refractivity contribution in [1.82, 2.24) is 15.5 Å². The molecule has 2 aliphatic heterocycles. The van der Waals surface area contributed by atoms with Crippen LogP contribution in [0.4, 0.5) is 13.6 Å². The standard InChI is InChI=1S/C20H25F2N3O3/c1-2-28-19(27)25-17-10-15(11-20(25)4-3-16(17)20)23-5-6-24-18(26)12-7-13(21)9-14(22)8-12/h7-9,15-17,23H,2-6,10-11H2,1H3,(H,24,26). The minimum absolute atomic E-state index is 0.0299.